The van der Waals surface area contributed by atoms with Crippen molar-refractivity contribution in [1.29, 1.82) is 0 Å². The second-order valence-corrected chi connectivity index (χ2v) is 6.38. The highest BCUT2D eigenvalue weighted by atomic mass is 32.2. The lowest BCUT2D eigenvalue weighted by Crippen LogP contribution is -2.09. The molecule has 1 unspecified atom stereocenters. The van der Waals surface area contributed by atoms with E-state index in [2.05, 4.69) is 22.4 Å². The number of hydrogen-bond acceptors (Lipinski definition) is 6. The van der Waals surface area contributed by atoms with Crippen LogP contribution in [0.2, 0.25) is 0 Å². The number of thioether (sulfide) groups is 1. The molecule has 1 aromatic carbocycles. The molecule has 1 aliphatic heterocycles. The van der Waals surface area contributed by atoms with E-state index in [1.807, 2.05) is 0 Å². The fourth-order valence-electron chi connectivity index (χ4n) is 1.58. The maximum Gasteiger partial charge on any atom is 0.294 e. The standard InChI is InChI=1S/C11H12N3O3S2/c1-2-12-13-6-5-11-14-9-4-3-8(19(15,16)17)7-10(9)18-11/h2-4,6-7,11,14H,1,5H2,(H,15,16,17). The molecule has 0 aliphatic carbocycles. The van der Waals surface area contributed by atoms with Crippen LogP contribution in [0.4, 0.5) is 5.69 Å². The Morgan fingerprint density at radius 3 is 2.95 bits per heavy atom. The Labute approximate surface area is 115 Å². The van der Waals surface area contributed by atoms with Crippen molar-refractivity contribution in [2.75, 3.05) is 5.32 Å². The third kappa shape index (κ3) is 3.55. The van der Waals surface area contributed by atoms with Crippen molar-refractivity contribution in [1.82, 2.24) is 0 Å². The number of anilines is 1. The summed E-state index contributed by atoms with van der Waals surface area (Å²) in [6, 6.07) is 4.45. The van der Waals surface area contributed by atoms with Gasteiger partial charge in [-0.3, -0.25) is 4.55 Å². The van der Waals surface area contributed by atoms with Gasteiger partial charge in [0.05, 0.1) is 10.3 Å². The van der Waals surface area contributed by atoms with Gasteiger partial charge in [-0.1, -0.05) is 11.8 Å². The minimum atomic E-state index is -4.16. The van der Waals surface area contributed by atoms with Crippen LogP contribution in [0.3, 0.4) is 0 Å². The second kappa shape index (κ2) is 5.72. The van der Waals surface area contributed by atoms with Crippen molar-refractivity contribution in [2.45, 2.75) is 21.6 Å². The summed E-state index contributed by atoms with van der Waals surface area (Å²) in [6.07, 6.45) is 3.64. The van der Waals surface area contributed by atoms with Gasteiger partial charge in [0.1, 0.15) is 0 Å². The van der Waals surface area contributed by atoms with Gasteiger partial charge in [-0.2, -0.15) is 18.6 Å². The van der Waals surface area contributed by atoms with E-state index in [0.717, 1.165) is 10.6 Å². The molecule has 0 amide bonds. The second-order valence-electron chi connectivity index (χ2n) is 3.72. The molecule has 1 aliphatic rings. The number of benzene rings is 1. The van der Waals surface area contributed by atoms with Gasteiger partial charge in [0.25, 0.3) is 10.1 Å². The summed E-state index contributed by atoms with van der Waals surface area (Å²) in [6.45, 7) is 3.41. The summed E-state index contributed by atoms with van der Waals surface area (Å²) in [5.74, 6) is 0. The average molecular weight is 298 g/mol. The smallest absolute Gasteiger partial charge is 0.294 e. The van der Waals surface area contributed by atoms with Crippen LogP contribution in [0, 0.1) is 6.92 Å². The normalized spacial score (nSPS) is 18.9. The molecular weight excluding hydrogens is 286 g/mol. The van der Waals surface area contributed by atoms with Crippen molar-refractivity contribution in [3.63, 3.8) is 0 Å². The maximum atomic E-state index is 11.0. The molecule has 19 heavy (non-hydrogen) atoms. The molecule has 0 bridgehead atoms. The Balaban J connectivity index is 2.08. The Hall–Kier alpha value is -1.38. The largest absolute Gasteiger partial charge is 0.372 e. The van der Waals surface area contributed by atoms with Crippen LogP contribution in [-0.2, 0) is 10.1 Å². The predicted octanol–water partition coefficient (Wildman–Crippen LogP) is 2.06. The monoisotopic (exact) mass is 298 g/mol. The van der Waals surface area contributed by atoms with Gasteiger partial charge in [0, 0.05) is 29.4 Å². The van der Waals surface area contributed by atoms with Crippen molar-refractivity contribution in [3.05, 3.63) is 25.1 Å². The van der Waals surface area contributed by atoms with E-state index in [9.17, 15) is 8.42 Å². The molecule has 0 saturated heterocycles. The van der Waals surface area contributed by atoms with Gasteiger partial charge in [0.15, 0.2) is 0 Å². The zero-order valence-electron chi connectivity index (χ0n) is 9.85. The van der Waals surface area contributed by atoms with E-state index in [4.69, 9.17) is 4.55 Å². The average Bonchev–Trinajstić information content (AvgIpc) is 2.75. The van der Waals surface area contributed by atoms with Gasteiger partial charge >= 0.3 is 0 Å². The minimum Gasteiger partial charge on any atom is -0.372 e. The van der Waals surface area contributed by atoms with Crippen LogP contribution >= 0.6 is 11.8 Å². The van der Waals surface area contributed by atoms with Crippen molar-refractivity contribution in [2.24, 2.45) is 10.2 Å². The lowest BCUT2D eigenvalue weighted by Gasteiger charge is -2.05. The first-order valence-corrected chi connectivity index (χ1v) is 7.70. The molecule has 1 heterocycles. The zero-order chi connectivity index (χ0) is 13.9. The highest BCUT2D eigenvalue weighted by molar-refractivity contribution is 8.00. The van der Waals surface area contributed by atoms with Gasteiger partial charge < -0.3 is 5.32 Å². The first-order chi connectivity index (χ1) is 9.00. The lowest BCUT2D eigenvalue weighted by atomic mass is 10.3. The molecule has 0 fully saturated rings. The molecule has 101 valence electrons. The highest BCUT2D eigenvalue weighted by Gasteiger charge is 2.22. The molecule has 1 atom stereocenters. The molecule has 0 spiro atoms. The van der Waals surface area contributed by atoms with E-state index < -0.39 is 10.1 Å². The van der Waals surface area contributed by atoms with Crippen LogP contribution in [0.15, 0.2) is 38.2 Å². The van der Waals surface area contributed by atoms with Gasteiger partial charge in [-0.15, -0.1) is 0 Å². The summed E-state index contributed by atoms with van der Waals surface area (Å²) in [5, 5.41) is 10.7. The quantitative estimate of drug-likeness (QED) is 0.504. The molecule has 8 heteroatoms. The topological polar surface area (TPSA) is 91.1 Å². The number of rotatable bonds is 4. The van der Waals surface area contributed by atoms with Gasteiger partial charge in [-0.05, 0) is 25.1 Å². The Bertz CT molecular complexity index is 626. The fourth-order valence-corrected chi connectivity index (χ4v) is 3.29. The lowest BCUT2D eigenvalue weighted by molar-refractivity contribution is 0.483. The maximum absolute atomic E-state index is 11.0. The van der Waals surface area contributed by atoms with Crippen LogP contribution in [0.5, 0.6) is 0 Å². The molecule has 1 radical (unpaired) electrons. The number of nitrogens with zero attached hydrogens (tertiary/aromatic N) is 2. The summed E-state index contributed by atoms with van der Waals surface area (Å²) >= 11 is 1.48. The third-order valence-electron chi connectivity index (χ3n) is 2.39. The SMILES string of the molecule is [CH2]C=NN=CCC1Nc2ccc(S(=O)(=O)O)cc2S1. The summed E-state index contributed by atoms with van der Waals surface area (Å²) in [5.41, 5.74) is 0.844. The number of nitrogens with one attached hydrogen (secondary N) is 1. The Morgan fingerprint density at radius 1 is 1.47 bits per heavy atom. The highest BCUT2D eigenvalue weighted by Crippen LogP contribution is 2.40. The molecule has 6 nitrogen and oxygen atoms in total. The van der Waals surface area contributed by atoms with Crippen molar-refractivity contribution in [3.8, 4) is 0 Å². The van der Waals surface area contributed by atoms with E-state index in [0.29, 0.717) is 6.42 Å². The Morgan fingerprint density at radius 2 is 2.26 bits per heavy atom. The van der Waals surface area contributed by atoms with E-state index in [-0.39, 0.29) is 10.3 Å². The van der Waals surface area contributed by atoms with Crippen LogP contribution in [-0.4, -0.2) is 30.8 Å². The molecule has 1 aromatic rings. The van der Waals surface area contributed by atoms with Gasteiger partial charge in [0.2, 0.25) is 0 Å². The van der Waals surface area contributed by atoms with E-state index >= 15 is 0 Å². The van der Waals surface area contributed by atoms with Crippen LogP contribution in [0.25, 0.3) is 0 Å². The fraction of sp³-hybridized carbons (Fsp3) is 0.182. The first kappa shape index (κ1) is 14.0. The first-order valence-electron chi connectivity index (χ1n) is 5.38. The van der Waals surface area contributed by atoms with Crippen molar-refractivity contribution < 1.29 is 13.0 Å². The summed E-state index contributed by atoms with van der Waals surface area (Å²) < 4.78 is 31.1. The molecule has 2 N–H and O–H groups in total. The predicted molar refractivity (Wildman–Crippen MR) is 76.5 cm³/mol. The molecule has 0 saturated carbocycles. The summed E-state index contributed by atoms with van der Waals surface area (Å²) in [4.78, 5) is 0.686. The third-order valence-corrected chi connectivity index (χ3v) is 4.42. The van der Waals surface area contributed by atoms with Crippen LogP contribution < -0.4 is 5.32 Å². The van der Waals surface area contributed by atoms with Crippen molar-refractivity contribution >= 4 is 40.0 Å². The van der Waals surface area contributed by atoms with E-state index in [1.165, 1.54) is 30.1 Å². The Kier molecular flexibility index (Phi) is 4.23. The molecular formula is C11H12N3O3S2. The van der Waals surface area contributed by atoms with Gasteiger partial charge in [-0.25, -0.2) is 0 Å². The van der Waals surface area contributed by atoms with Crippen LogP contribution in [0.1, 0.15) is 6.42 Å². The number of fused-ring (bicyclic) bond motifs is 1. The van der Waals surface area contributed by atoms with E-state index in [1.54, 1.807) is 12.3 Å². The molecule has 2 rings (SSSR count). The number of hydrogen-bond donors (Lipinski definition) is 2. The molecule has 0 aromatic heterocycles. The zero-order valence-corrected chi connectivity index (χ0v) is 11.5. The minimum absolute atomic E-state index is 0.0652. The summed E-state index contributed by atoms with van der Waals surface area (Å²) in [7, 11) is -4.16.